The van der Waals surface area contributed by atoms with Gasteiger partial charge in [-0.1, -0.05) is 12.1 Å². The van der Waals surface area contributed by atoms with Gasteiger partial charge in [0.2, 0.25) is 5.88 Å². The number of nitrogens with zero attached hydrogens (tertiary/aromatic N) is 5. The van der Waals surface area contributed by atoms with Crippen LogP contribution in [0.25, 0.3) is 33.5 Å². The van der Waals surface area contributed by atoms with E-state index in [1.54, 1.807) is 6.20 Å². The maximum Gasteiger partial charge on any atom is 0.219 e. The molecule has 0 spiro atoms. The van der Waals surface area contributed by atoms with E-state index in [4.69, 9.17) is 14.5 Å². The van der Waals surface area contributed by atoms with E-state index in [9.17, 15) is 0 Å². The molecule has 2 atom stereocenters. The zero-order chi connectivity index (χ0) is 24.6. The number of imidazole rings is 1. The number of pyridine rings is 1. The molecule has 3 aromatic heterocycles. The van der Waals surface area contributed by atoms with Crippen LogP contribution < -0.4 is 9.64 Å². The second kappa shape index (κ2) is 9.25. The zero-order valence-corrected chi connectivity index (χ0v) is 20.6. The number of rotatable bonds is 6. The molecular formula is C27H29N7O2. The molecule has 1 saturated heterocycles. The van der Waals surface area contributed by atoms with Gasteiger partial charge in [-0.2, -0.15) is 5.10 Å². The Labute approximate surface area is 209 Å². The highest BCUT2D eigenvalue weighted by Gasteiger charge is 2.27. The van der Waals surface area contributed by atoms with Crippen LogP contribution in [0, 0.1) is 0 Å². The summed E-state index contributed by atoms with van der Waals surface area (Å²) in [6, 6.07) is 18.1. The number of aromatic nitrogens is 5. The van der Waals surface area contributed by atoms with Gasteiger partial charge < -0.3 is 24.3 Å². The number of morpholine rings is 1. The van der Waals surface area contributed by atoms with E-state index in [0.29, 0.717) is 35.8 Å². The van der Waals surface area contributed by atoms with Crippen molar-refractivity contribution in [3.05, 3.63) is 60.8 Å². The van der Waals surface area contributed by atoms with Crippen molar-refractivity contribution in [1.82, 2.24) is 30.0 Å². The first-order chi connectivity index (χ1) is 17.5. The minimum Gasteiger partial charge on any atom is -0.438 e. The van der Waals surface area contributed by atoms with Crippen LogP contribution in [-0.2, 0) is 4.74 Å². The predicted octanol–water partition coefficient (Wildman–Crippen LogP) is 4.45. The van der Waals surface area contributed by atoms with Crippen molar-refractivity contribution in [3.63, 3.8) is 0 Å². The quantitative estimate of drug-likeness (QED) is 0.368. The Balaban J connectivity index is 1.34. The van der Waals surface area contributed by atoms with Gasteiger partial charge in [0.15, 0.2) is 5.82 Å². The van der Waals surface area contributed by atoms with Crippen LogP contribution in [0.1, 0.15) is 6.92 Å². The summed E-state index contributed by atoms with van der Waals surface area (Å²) in [6.45, 7) is 4.66. The monoisotopic (exact) mass is 483 g/mol. The standard InChI is InChI=1S/C27H29N7O2/c1-17-16-35-19(14-33(2)3)15-34(17)18-10-11-20-22(13-18)30-27(29-20)26-25-21(31-32-26)7-6-8-23(25)36-24-9-4-5-12-28-24/h4-13,17,19H,14-16H2,1-3H3,(H,29,30)(H,31,32). The SMILES string of the molecule is CC1COC(CN(C)C)CN1c1ccc2nc(-c3n[nH]c4cccc(Oc5ccccn5)c34)[nH]c2c1. The summed E-state index contributed by atoms with van der Waals surface area (Å²) in [5.74, 6) is 1.88. The van der Waals surface area contributed by atoms with Gasteiger partial charge in [-0.3, -0.25) is 5.10 Å². The fourth-order valence-corrected chi connectivity index (χ4v) is 4.80. The molecule has 0 saturated carbocycles. The Morgan fingerprint density at radius 3 is 2.86 bits per heavy atom. The van der Waals surface area contributed by atoms with Crippen LogP contribution in [0.5, 0.6) is 11.6 Å². The van der Waals surface area contributed by atoms with Crippen molar-refractivity contribution < 1.29 is 9.47 Å². The summed E-state index contributed by atoms with van der Waals surface area (Å²) in [5, 5.41) is 8.54. The molecule has 1 aliphatic heterocycles. The Hall–Kier alpha value is -3.95. The highest BCUT2D eigenvalue weighted by Crippen LogP contribution is 2.35. The summed E-state index contributed by atoms with van der Waals surface area (Å²) < 4.78 is 12.2. The largest absolute Gasteiger partial charge is 0.438 e. The number of benzene rings is 2. The smallest absolute Gasteiger partial charge is 0.219 e. The van der Waals surface area contributed by atoms with Gasteiger partial charge in [0, 0.05) is 37.1 Å². The fraction of sp³-hybridized carbons (Fsp3) is 0.296. The normalized spacial score (nSPS) is 18.4. The molecule has 184 valence electrons. The van der Waals surface area contributed by atoms with Crippen molar-refractivity contribution in [1.29, 1.82) is 0 Å². The molecule has 2 unspecified atom stereocenters. The number of hydrogen-bond acceptors (Lipinski definition) is 7. The molecule has 0 radical (unpaired) electrons. The number of anilines is 1. The predicted molar refractivity (Wildman–Crippen MR) is 141 cm³/mol. The van der Waals surface area contributed by atoms with Crippen LogP contribution in [0.4, 0.5) is 5.69 Å². The van der Waals surface area contributed by atoms with Crippen LogP contribution in [0.3, 0.4) is 0 Å². The molecule has 9 nitrogen and oxygen atoms in total. The average Bonchev–Trinajstić information content (AvgIpc) is 3.50. The van der Waals surface area contributed by atoms with E-state index >= 15 is 0 Å². The number of aromatic amines is 2. The molecular weight excluding hydrogens is 454 g/mol. The molecule has 5 aromatic rings. The zero-order valence-electron chi connectivity index (χ0n) is 20.6. The highest BCUT2D eigenvalue weighted by molar-refractivity contribution is 5.97. The van der Waals surface area contributed by atoms with Crippen molar-refractivity contribution in [2.45, 2.75) is 19.1 Å². The molecule has 1 fully saturated rings. The summed E-state index contributed by atoms with van der Waals surface area (Å²) in [6.07, 6.45) is 1.89. The Morgan fingerprint density at radius 1 is 1.11 bits per heavy atom. The van der Waals surface area contributed by atoms with E-state index in [0.717, 1.165) is 40.7 Å². The molecule has 6 rings (SSSR count). The van der Waals surface area contributed by atoms with E-state index in [-0.39, 0.29) is 6.10 Å². The summed E-state index contributed by atoms with van der Waals surface area (Å²) >= 11 is 0. The number of H-pyrrole nitrogens is 2. The summed E-state index contributed by atoms with van der Waals surface area (Å²) in [7, 11) is 4.16. The van der Waals surface area contributed by atoms with Crippen LogP contribution in [0.2, 0.25) is 0 Å². The molecule has 0 amide bonds. The van der Waals surface area contributed by atoms with Crippen molar-refractivity contribution in [2.75, 3.05) is 38.7 Å². The van der Waals surface area contributed by atoms with E-state index in [1.807, 2.05) is 36.4 Å². The lowest BCUT2D eigenvalue weighted by molar-refractivity contribution is 0.00880. The van der Waals surface area contributed by atoms with Gasteiger partial charge in [-0.15, -0.1) is 0 Å². The van der Waals surface area contributed by atoms with Crippen LogP contribution in [-0.4, -0.2) is 76.0 Å². The minimum atomic E-state index is 0.178. The van der Waals surface area contributed by atoms with Gasteiger partial charge in [0.25, 0.3) is 0 Å². The second-order valence-corrected chi connectivity index (χ2v) is 9.53. The molecule has 4 heterocycles. The minimum absolute atomic E-state index is 0.178. The Bertz CT molecular complexity index is 1490. The average molecular weight is 484 g/mol. The topological polar surface area (TPSA) is 95.2 Å². The first-order valence-corrected chi connectivity index (χ1v) is 12.1. The third-order valence-corrected chi connectivity index (χ3v) is 6.50. The molecule has 0 aliphatic carbocycles. The lowest BCUT2D eigenvalue weighted by Gasteiger charge is -2.40. The van der Waals surface area contributed by atoms with Crippen LogP contribution >= 0.6 is 0 Å². The number of ether oxygens (including phenoxy) is 2. The third-order valence-electron chi connectivity index (χ3n) is 6.50. The molecule has 36 heavy (non-hydrogen) atoms. The Morgan fingerprint density at radius 2 is 2.03 bits per heavy atom. The number of fused-ring (bicyclic) bond motifs is 2. The highest BCUT2D eigenvalue weighted by atomic mass is 16.5. The van der Waals surface area contributed by atoms with Crippen molar-refractivity contribution >= 4 is 27.6 Å². The summed E-state index contributed by atoms with van der Waals surface area (Å²) in [5.41, 5.74) is 4.58. The number of hydrogen-bond donors (Lipinski definition) is 2. The number of nitrogens with one attached hydrogen (secondary N) is 2. The van der Waals surface area contributed by atoms with Crippen LogP contribution in [0.15, 0.2) is 60.8 Å². The first-order valence-electron chi connectivity index (χ1n) is 12.1. The molecule has 2 aromatic carbocycles. The van der Waals surface area contributed by atoms with Gasteiger partial charge in [-0.05, 0) is 57.4 Å². The maximum absolute atomic E-state index is 6.10. The van der Waals surface area contributed by atoms with E-state index < -0.39 is 0 Å². The van der Waals surface area contributed by atoms with Gasteiger partial charge >= 0.3 is 0 Å². The van der Waals surface area contributed by atoms with Crippen molar-refractivity contribution in [2.24, 2.45) is 0 Å². The van der Waals surface area contributed by atoms with Gasteiger partial charge in [0.1, 0.15) is 11.4 Å². The third kappa shape index (κ3) is 4.27. The number of likely N-dealkylation sites (N-methyl/N-ethyl adjacent to an activating group) is 1. The maximum atomic E-state index is 6.10. The molecule has 9 heteroatoms. The fourth-order valence-electron chi connectivity index (χ4n) is 4.80. The summed E-state index contributed by atoms with van der Waals surface area (Å²) in [4.78, 5) is 17.2. The van der Waals surface area contributed by atoms with E-state index in [2.05, 4.69) is 69.2 Å². The van der Waals surface area contributed by atoms with E-state index in [1.165, 1.54) is 0 Å². The second-order valence-electron chi connectivity index (χ2n) is 9.53. The molecule has 1 aliphatic rings. The van der Waals surface area contributed by atoms with Gasteiger partial charge in [-0.25, -0.2) is 9.97 Å². The first kappa shape index (κ1) is 22.5. The Kier molecular flexibility index (Phi) is 5.79. The lowest BCUT2D eigenvalue weighted by Crippen LogP contribution is -2.51. The van der Waals surface area contributed by atoms with Crippen molar-refractivity contribution in [3.8, 4) is 23.1 Å². The molecule has 2 N–H and O–H groups in total. The molecule has 0 bridgehead atoms. The van der Waals surface area contributed by atoms with Gasteiger partial charge in [0.05, 0.1) is 34.6 Å². The lowest BCUT2D eigenvalue weighted by atomic mass is 10.1.